The van der Waals surface area contributed by atoms with Crippen molar-refractivity contribution in [1.82, 2.24) is 0 Å². The van der Waals surface area contributed by atoms with Crippen LogP contribution in [0.3, 0.4) is 0 Å². The zero-order chi connectivity index (χ0) is 20.6. The monoisotopic (exact) mass is 372 g/mol. The Bertz CT molecular complexity index is 495. The zero-order valence-electron chi connectivity index (χ0n) is 17.7. The average molecular weight is 373 g/mol. The van der Waals surface area contributed by atoms with Crippen LogP contribution >= 0.6 is 0 Å². The molecule has 0 aromatic carbocycles. The molecule has 0 bridgehead atoms. The lowest BCUT2D eigenvalue weighted by molar-refractivity contribution is -0.167. The van der Waals surface area contributed by atoms with Crippen LogP contribution in [0.25, 0.3) is 0 Å². The van der Waals surface area contributed by atoms with Crippen LogP contribution in [0.5, 0.6) is 0 Å². The summed E-state index contributed by atoms with van der Waals surface area (Å²) in [4.78, 5) is 37.3. The standard InChI is InChI=1S/C20H36O6/c1-9-11-12-26-17(23)20(7,13-18(3,4)15(21)24-8)14-19(5,6)16(22)25-10-2/h9-14H2,1-8H3. The number of carbonyl (C=O) groups excluding carboxylic acids is 3. The molecule has 0 aliphatic carbocycles. The zero-order valence-corrected chi connectivity index (χ0v) is 17.7. The lowest BCUT2D eigenvalue weighted by Crippen LogP contribution is -2.43. The van der Waals surface area contributed by atoms with Crippen molar-refractivity contribution in [2.75, 3.05) is 20.3 Å². The molecule has 0 spiro atoms. The van der Waals surface area contributed by atoms with Crippen molar-refractivity contribution < 1.29 is 28.6 Å². The molecule has 152 valence electrons. The molecule has 1 unspecified atom stereocenters. The Kier molecular flexibility index (Phi) is 9.32. The first-order valence-corrected chi connectivity index (χ1v) is 9.29. The van der Waals surface area contributed by atoms with Gasteiger partial charge in [0.2, 0.25) is 0 Å². The first-order chi connectivity index (χ1) is 11.9. The van der Waals surface area contributed by atoms with E-state index in [0.717, 1.165) is 12.8 Å². The van der Waals surface area contributed by atoms with E-state index in [4.69, 9.17) is 14.2 Å². The molecule has 0 aliphatic heterocycles. The van der Waals surface area contributed by atoms with Crippen LogP contribution in [-0.2, 0) is 28.6 Å². The summed E-state index contributed by atoms with van der Waals surface area (Å²) in [5.74, 6) is -1.18. The summed E-state index contributed by atoms with van der Waals surface area (Å²) in [7, 11) is 1.32. The predicted molar refractivity (Wildman–Crippen MR) is 99.4 cm³/mol. The Balaban J connectivity index is 5.62. The lowest BCUT2D eigenvalue weighted by atomic mass is 9.66. The van der Waals surface area contributed by atoms with Crippen molar-refractivity contribution in [3.63, 3.8) is 0 Å². The van der Waals surface area contributed by atoms with E-state index in [2.05, 4.69) is 0 Å². The van der Waals surface area contributed by atoms with E-state index in [-0.39, 0.29) is 25.4 Å². The van der Waals surface area contributed by atoms with Gasteiger partial charge >= 0.3 is 17.9 Å². The summed E-state index contributed by atoms with van der Waals surface area (Å²) < 4.78 is 15.5. The van der Waals surface area contributed by atoms with E-state index >= 15 is 0 Å². The molecule has 0 aromatic rings. The van der Waals surface area contributed by atoms with Crippen LogP contribution < -0.4 is 0 Å². The largest absolute Gasteiger partial charge is 0.469 e. The topological polar surface area (TPSA) is 78.9 Å². The van der Waals surface area contributed by atoms with Gasteiger partial charge in [-0.25, -0.2) is 0 Å². The maximum atomic E-state index is 12.9. The number of ether oxygens (including phenoxy) is 3. The molecular weight excluding hydrogens is 336 g/mol. The number of hydrogen-bond donors (Lipinski definition) is 0. The smallest absolute Gasteiger partial charge is 0.311 e. The highest BCUT2D eigenvalue weighted by molar-refractivity contribution is 5.82. The summed E-state index contributed by atoms with van der Waals surface area (Å²) >= 11 is 0. The number of unbranched alkanes of at least 4 members (excludes halogenated alkanes) is 1. The van der Waals surface area contributed by atoms with Crippen molar-refractivity contribution in [2.24, 2.45) is 16.2 Å². The third-order valence-corrected chi connectivity index (χ3v) is 4.45. The summed E-state index contributed by atoms with van der Waals surface area (Å²) in [6.07, 6.45) is 2.10. The van der Waals surface area contributed by atoms with Gasteiger partial charge in [-0.05, 0) is 60.8 Å². The maximum absolute atomic E-state index is 12.9. The molecule has 0 N–H and O–H groups in total. The normalized spacial score (nSPS) is 14.3. The summed E-state index contributed by atoms with van der Waals surface area (Å²) in [6.45, 7) is 13.0. The second kappa shape index (κ2) is 9.93. The summed E-state index contributed by atoms with van der Waals surface area (Å²) in [5.41, 5.74) is -2.81. The molecule has 0 aliphatic rings. The van der Waals surface area contributed by atoms with Gasteiger partial charge in [-0.1, -0.05) is 13.3 Å². The molecule has 6 heteroatoms. The Morgan fingerprint density at radius 2 is 1.27 bits per heavy atom. The molecular formula is C20H36O6. The van der Waals surface area contributed by atoms with Crippen LogP contribution in [0.2, 0.25) is 0 Å². The molecule has 0 radical (unpaired) electrons. The van der Waals surface area contributed by atoms with Gasteiger partial charge in [0.1, 0.15) is 0 Å². The number of esters is 3. The highest BCUT2D eigenvalue weighted by Gasteiger charge is 2.48. The quantitative estimate of drug-likeness (QED) is 0.311. The van der Waals surface area contributed by atoms with Crippen LogP contribution in [-0.4, -0.2) is 38.2 Å². The number of carbonyl (C=O) groups is 3. The van der Waals surface area contributed by atoms with Gasteiger partial charge < -0.3 is 14.2 Å². The first kappa shape index (κ1) is 24.4. The average Bonchev–Trinajstić information content (AvgIpc) is 2.53. The Labute approximate surface area is 157 Å². The van der Waals surface area contributed by atoms with Gasteiger partial charge in [-0.2, -0.15) is 0 Å². The van der Waals surface area contributed by atoms with E-state index in [9.17, 15) is 14.4 Å². The van der Waals surface area contributed by atoms with Crippen molar-refractivity contribution in [1.29, 1.82) is 0 Å². The van der Waals surface area contributed by atoms with Gasteiger partial charge in [-0.15, -0.1) is 0 Å². The van der Waals surface area contributed by atoms with Gasteiger partial charge in [-0.3, -0.25) is 14.4 Å². The number of rotatable bonds is 11. The minimum absolute atomic E-state index is 0.209. The summed E-state index contributed by atoms with van der Waals surface area (Å²) in [6, 6.07) is 0. The van der Waals surface area contributed by atoms with Gasteiger partial charge in [0.25, 0.3) is 0 Å². The molecule has 26 heavy (non-hydrogen) atoms. The highest BCUT2D eigenvalue weighted by atomic mass is 16.5. The van der Waals surface area contributed by atoms with E-state index in [0.29, 0.717) is 6.61 Å². The first-order valence-electron chi connectivity index (χ1n) is 9.29. The third-order valence-electron chi connectivity index (χ3n) is 4.45. The Morgan fingerprint density at radius 1 is 0.769 bits per heavy atom. The van der Waals surface area contributed by atoms with Crippen molar-refractivity contribution in [2.45, 2.75) is 74.1 Å². The predicted octanol–water partition coefficient (Wildman–Crippen LogP) is 3.90. The molecule has 0 aromatic heterocycles. The molecule has 1 atom stereocenters. The molecule has 0 saturated heterocycles. The Hall–Kier alpha value is -1.59. The van der Waals surface area contributed by atoms with Gasteiger partial charge in [0.05, 0.1) is 36.6 Å². The van der Waals surface area contributed by atoms with E-state index in [1.165, 1.54) is 7.11 Å². The molecule has 0 saturated carbocycles. The molecule has 0 rings (SSSR count). The second-order valence-electron chi connectivity index (χ2n) is 8.38. The molecule has 0 fully saturated rings. The van der Waals surface area contributed by atoms with Gasteiger partial charge in [0.15, 0.2) is 0 Å². The van der Waals surface area contributed by atoms with Crippen molar-refractivity contribution in [3.8, 4) is 0 Å². The molecule has 0 amide bonds. The number of hydrogen-bond acceptors (Lipinski definition) is 6. The minimum Gasteiger partial charge on any atom is -0.469 e. The second-order valence-corrected chi connectivity index (χ2v) is 8.38. The van der Waals surface area contributed by atoms with Crippen LogP contribution in [0, 0.1) is 16.2 Å². The molecule has 6 nitrogen and oxygen atoms in total. The third kappa shape index (κ3) is 6.96. The van der Waals surface area contributed by atoms with E-state index in [1.807, 2.05) is 6.92 Å². The fourth-order valence-electron chi connectivity index (χ4n) is 3.39. The SMILES string of the molecule is CCCCOC(=O)C(C)(CC(C)(C)C(=O)OC)CC(C)(C)C(=O)OCC. The number of methoxy groups -OCH3 is 1. The van der Waals surface area contributed by atoms with Crippen LogP contribution in [0.15, 0.2) is 0 Å². The van der Waals surface area contributed by atoms with E-state index < -0.39 is 28.2 Å². The fourth-order valence-corrected chi connectivity index (χ4v) is 3.39. The highest BCUT2D eigenvalue weighted by Crippen LogP contribution is 2.44. The fraction of sp³-hybridized carbons (Fsp3) is 0.850. The van der Waals surface area contributed by atoms with Crippen LogP contribution in [0.4, 0.5) is 0 Å². The van der Waals surface area contributed by atoms with Crippen molar-refractivity contribution >= 4 is 17.9 Å². The van der Waals surface area contributed by atoms with Crippen LogP contribution in [0.1, 0.15) is 74.1 Å². The van der Waals surface area contributed by atoms with E-state index in [1.54, 1.807) is 41.5 Å². The molecule has 0 heterocycles. The minimum atomic E-state index is -1.03. The van der Waals surface area contributed by atoms with Crippen molar-refractivity contribution in [3.05, 3.63) is 0 Å². The Morgan fingerprint density at radius 3 is 1.69 bits per heavy atom. The summed E-state index contributed by atoms with van der Waals surface area (Å²) in [5, 5.41) is 0. The maximum Gasteiger partial charge on any atom is 0.311 e. The van der Waals surface area contributed by atoms with Gasteiger partial charge in [0, 0.05) is 0 Å². The lowest BCUT2D eigenvalue weighted by Gasteiger charge is -2.38.